The Balaban J connectivity index is 1.79. The first-order valence-electron chi connectivity index (χ1n) is 5.94. The molecule has 0 amide bonds. The monoisotopic (exact) mass is 240 g/mol. The Hall–Kier alpha value is -0.450. The normalized spacial score (nSPS) is 25.9. The summed E-state index contributed by atoms with van der Waals surface area (Å²) in [5.74, 6) is 0. The van der Waals surface area contributed by atoms with Gasteiger partial charge in [0.05, 0.1) is 17.3 Å². The fourth-order valence-corrected chi connectivity index (χ4v) is 3.01. The predicted molar refractivity (Wildman–Crippen MR) is 66.7 cm³/mol. The van der Waals surface area contributed by atoms with Gasteiger partial charge < -0.3 is 10.1 Å². The molecular formula is C12H20N2OS. The molecule has 1 fully saturated rings. The molecule has 2 rings (SSSR count). The lowest BCUT2D eigenvalue weighted by atomic mass is 9.93. The predicted octanol–water partition coefficient (Wildman–Crippen LogP) is 2.50. The number of thiazole rings is 1. The molecule has 1 saturated carbocycles. The summed E-state index contributed by atoms with van der Waals surface area (Å²) in [5.41, 5.74) is 3.09. The molecule has 0 aromatic carbocycles. The number of nitrogens with one attached hydrogen (secondary N) is 1. The summed E-state index contributed by atoms with van der Waals surface area (Å²) in [6.07, 6.45) is 5.37. The van der Waals surface area contributed by atoms with Crippen LogP contribution in [0.25, 0.3) is 0 Å². The average Bonchev–Trinajstić information content (AvgIpc) is 2.72. The molecule has 4 heteroatoms. The number of methoxy groups -OCH3 is 1. The summed E-state index contributed by atoms with van der Waals surface area (Å²) in [4.78, 5) is 5.63. The van der Waals surface area contributed by atoms with E-state index in [1.807, 2.05) is 12.6 Å². The highest BCUT2D eigenvalue weighted by atomic mass is 32.1. The Kier molecular flexibility index (Phi) is 4.32. The van der Waals surface area contributed by atoms with Gasteiger partial charge >= 0.3 is 0 Å². The third kappa shape index (κ3) is 3.03. The second-order valence-corrected chi connectivity index (χ2v) is 5.40. The van der Waals surface area contributed by atoms with Crippen LogP contribution in [0.5, 0.6) is 0 Å². The van der Waals surface area contributed by atoms with E-state index in [4.69, 9.17) is 4.74 Å². The van der Waals surface area contributed by atoms with Crippen LogP contribution in [0.2, 0.25) is 0 Å². The summed E-state index contributed by atoms with van der Waals surface area (Å²) in [7, 11) is 1.82. The van der Waals surface area contributed by atoms with Crippen molar-refractivity contribution >= 4 is 11.3 Å². The third-order valence-corrected chi connectivity index (χ3v) is 4.29. The van der Waals surface area contributed by atoms with Crippen LogP contribution in [0.3, 0.4) is 0 Å². The van der Waals surface area contributed by atoms with Gasteiger partial charge in [0.2, 0.25) is 0 Å². The number of hydrogen-bond acceptors (Lipinski definition) is 4. The first-order chi connectivity index (χ1) is 7.79. The minimum atomic E-state index is 0.453. The molecule has 0 aliphatic heterocycles. The lowest BCUT2D eigenvalue weighted by Crippen LogP contribution is -2.36. The number of ether oxygens (including phenoxy) is 1. The molecule has 16 heavy (non-hydrogen) atoms. The molecule has 0 spiro atoms. The number of aryl methyl sites for hydroxylation is 1. The minimum absolute atomic E-state index is 0.453. The van der Waals surface area contributed by atoms with Crippen LogP contribution in [-0.4, -0.2) is 24.2 Å². The van der Waals surface area contributed by atoms with Crippen LogP contribution >= 0.6 is 11.3 Å². The van der Waals surface area contributed by atoms with Gasteiger partial charge in [-0.3, -0.25) is 0 Å². The molecule has 1 aliphatic rings. The van der Waals surface area contributed by atoms with Gasteiger partial charge in [-0.2, -0.15) is 0 Å². The zero-order chi connectivity index (χ0) is 11.4. The summed E-state index contributed by atoms with van der Waals surface area (Å²) in [5, 5.41) is 3.62. The molecule has 2 unspecified atom stereocenters. The fraction of sp³-hybridized carbons (Fsp3) is 0.750. The highest BCUT2D eigenvalue weighted by Crippen LogP contribution is 2.21. The van der Waals surface area contributed by atoms with Crippen molar-refractivity contribution in [3.8, 4) is 0 Å². The molecule has 90 valence electrons. The molecule has 3 nitrogen and oxygen atoms in total. The summed E-state index contributed by atoms with van der Waals surface area (Å²) < 4.78 is 5.43. The molecule has 1 aromatic heterocycles. The molecule has 0 radical (unpaired) electrons. The highest BCUT2D eigenvalue weighted by Gasteiger charge is 2.21. The van der Waals surface area contributed by atoms with Crippen molar-refractivity contribution in [3.63, 3.8) is 0 Å². The molecule has 1 heterocycles. The van der Waals surface area contributed by atoms with Gasteiger partial charge in [0.1, 0.15) is 0 Å². The lowest BCUT2D eigenvalue weighted by molar-refractivity contribution is 0.0586. The second-order valence-electron chi connectivity index (χ2n) is 4.46. The van der Waals surface area contributed by atoms with E-state index in [1.165, 1.54) is 24.1 Å². The van der Waals surface area contributed by atoms with Gasteiger partial charge in [-0.05, 0) is 32.6 Å². The Bertz CT molecular complexity index is 327. The van der Waals surface area contributed by atoms with E-state index in [-0.39, 0.29) is 0 Å². The zero-order valence-electron chi connectivity index (χ0n) is 10.0. The van der Waals surface area contributed by atoms with Gasteiger partial charge in [0, 0.05) is 24.6 Å². The summed E-state index contributed by atoms with van der Waals surface area (Å²) >= 11 is 1.74. The van der Waals surface area contributed by atoms with Gasteiger partial charge in [0.25, 0.3) is 0 Å². The van der Waals surface area contributed by atoms with Crippen LogP contribution in [0, 0.1) is 6.92 Å². The first-order valence-corrected chi connectivity index (χ1v) is 6.82. The van der Waals surface area contributed by atoms with Crippen LogP contribution in [0.1, 0.15) is 36.3 Å². The SMILES string of the molecule is COC1CCCC(NCc2scnc2C)C1. The maximum absolute atomic E-state index is 5.43. The third-order valence-electron chi connectivity index (χ3n) is 3.36. The van der Waals surface area contributed by atoms with E-state index in [1.54, 1.807) is 11.3 Å². The van der Waals surface area contributed by atoms with Crippen molar-refractivity contribution in [1.29, 1.82) is 0 Å². The van der Waals surface area contributed by atoms with Crippen molar-refractivity contribution in [2.24, 2.45) is 0 Å². The Morgan fingerprint density at radius 3 is 3.12 bits per heavy atom. The fourth-order valence-electron chi connectivity index (χ4n) is 2.28. The van der Waals surface area contributed by atoms with Crippen molar-refractivity contribution in [1.82, 2.24) is 10.3 Å². The molecule has 0 bridgehead atoms. The highest BCUT2D eigenvalue weighted by molar-refractivity contribution is 7.09. The van der Waals surface area contributed by atoms with E-state index < -0.39 is 0 Å². The van der Waals surface area contributed by atoms with Crippen LogP contribution in [0.15, 0.2) is 5.51 Å². The second kappa shape index (κ2) is 5.75. The van der Waals surface area contributed by atoms with Crippen LogP contribution in [-0.2, 0) is 11.3 Å². The van der Waals surface area contributed by atoms with Gasteiger partial charge in [-0.15, -0.1) is 11.3 Å². The van der Waals surface area contributed by atoms with Gasteiger partial charge in [0.15, 0.2) is 0 Å². The maximum atomic E-state index is 5.43. The molecule has 2 atom stereocenters. The Morgan fingerprint density at radius 1 is 1.56 bits per heavy atom. The first kappa shape index (κ1) is 12.0. The molecule has 1 aromatic rings. The van der Waals surface area contributed by atoms with Crippen LogP contribution < -0.4 is 5.32 Å². The standard InChI is InChI=1S/C12H20N2OS/c1-9-12(16-8-14-9)7-13-10-4-3-5-11(6-10)15-2/h8,10-11,13H,3-7H2,1-2H3. The average molecular weight is 240 g/mol. The Labute approximate surface area is 101 Å². The van der Waals surface area contributed by atoms with Gasteiger partial charge in [-0.1, -0.05) is 0 Å². The van der Waals surface area contributed by atoms with E-state index >= 15 is 0 Å². The van der Waals surface area contributed by atoms with Crippen molar-refractivity contribution < 1.29 is 4.74 Å². The number of aromatic nitrogens is 1. The summed E-state index contributed by atoms with van der Waals surface area (Å²) in [6.45, 7) is 3.03. The Morgan fingerprint density at radius 2 is 2.44 bits per heavy atom. The molecule has 1 N–H and O–H groups in total. The smallest absolute Gasteiger partial charge is 0.0798 e. The number of hydrogen-bond donors (Lipinski definition) is 1. The van der Waals surface area contributed by atoms with Gasteiger partial charge in [-0.25, -0.2) is 4.98 Å². The topological polar surface area (TPSA) is 34.1 Å². The van der Waals surface area contributed by atoms with Crippen molar-refractivity contribution in [2.75, 3.05) is 7.11 Å². The summed E-state index contributed by atoms with van der Waals surface area (Å²) in [6, 6.07) is 0.611. The quantitative estimate of drug-likeness (QED) is 0.878. The molecule has 1 aliphatic carbocycles. The lowest BCUT2D eigenvalue weighted by Gasteiger charge is -2.28. The van der Waals surface area contributed by atoms with Crippen LogP contribution in [0.4, 0.5) is 0 Å². The maximum Gasteiger partial charge on any atom is 0.0798 e. The van der Waals surface area contributed by atoms with E-state index in [0.717, 1.165) is 18.7 Å². The van der Waals surface area contributed by atoms with E-state index in [9.17, 15) is 0 Å². The van der Waals surface area contributed by atoms with Crippen molar-refractivity contribution in [2.45, 2.75) is 51.3 Å². The van der Waals surface area contributed by atoms with E-state index in [0.29, 0.717) is 12.1 Å². The minimum Gasteiger partial charge on any atom is -0.381 e. The zero-order valence-corrected chi connectivity index (χ0v) is 10.8. The number of nitrogens with zero attached hydrogens (tertiary/aromatic N) is 1. The molecular weight excluding hydrogens is 220 g/mol. The number of rotatable bonds is 4. The largest absolute Gasteiger partial charge is 0.381 e. The van der Waals surface area contributed by atoms with Crippen molar-refractivity contribution in [3.05, 3.63) is 16.1 Å². The van der Waals surface area contributed by atoms with E-state index in [2.05, 4.69) is 17.2 Å². The molecule has 0 saturated heterocycles.